The van der Waals surface area contributed by atoms with E-state index in [2.05, 4.69) is 6.07 Å². The van der Waals surface area contributed by atoms with Gasteiger partial charge in [-0.05, 0) is 61.4 Å². The van der Waals surface area contributed by atoms with E-state index in [0.29, 0.717) is 23.7 Å². The van der Waals surface area contributed by atoms with Crippen LogP contribution in [0.1, 0.15) is 39.6 Å². The number of hydrogen-bond donors (Lipinski definition) is 1. The van der Waals surface area contributed by atoms with E-state index in [1.807, 2.05) is 56.3 Å². The number of furan rings is 1. The van der Waals surface area contributed by atoms with Crippen molar-refractivity contribution < 1.29 is 23.8 Å². The summed E-state index contributed by atoms with van der Waals surface area (Å²) in [5.41, 5.74) is 4.48. The minimum atomic E-state index is -0.747. The number of Topliss-reactive ketones (excluding diaryl/α,β-unsaturated/α-hetero) is 1. The zero-order valence-corrected chi connectivity index (χ0v) is 20.7. The Morgan fingerprint density at radius 2 is 1.68 bits per heavy atom. The molecule has 1 aliphatic rings. The van der Waals surface area contributed by atoms with Gasteiger partial charge in [0.25, 0.3) is 11.7 Å². The Kier molecular flexibility index (Phi) is 6.64. The minimum Gasteiger partial charge on any atom is -0.507 e. The number of aliphatic hydroxyl groups excluding tert-OH is 1. The molecule has 1 aliphatic heterocycles. The van der Waals surface area contributed by atoms with Crippen molar-refractivity contribution >= 4 is 17.4 Å². The van der Waals surface area contributed by atoms with Gasteiger partial charge in [-0.15, -0.1) is 0 Å². The average Bonchev–Trinajstić information content (AvgIpc) is 3.50. The summed E-state index contributed by atoms with van der Waals surface area (Å²) in [6.07, 6.45) is 1.52. The lowest BCUT2D eigenvalue weighted by atomic mass is 9.94. The smallest absolute Gasteiger partial charge is 0.296 e. The SMILES string of the molecule is Cc1ccc([C@@H]2C(=C(O)c3ccc(OCc4cccc(C)c4)cc3)C(=O)C(=O)N2Cc2ccco2)cc1. The number of carbonyl (C=O) groups excluding carboxylic acids is 2. The van der Waals surface area contributed by atoms with Crippen LogP contribution < -0.4 is 4.74 Å². The molecular weight excluding hydrogens is 466 g/mol. The van der Waals surface area contributed by atoms with E-state index in [1.54, 1.807) is 36.4 Å². The highest BCUT2D eigenvalue weighted by atomic mass is 16.5. The number of nitrogens with zero attached hydrogens (tertiary/aromatic N) is 1. The predicted molar refractivity (Wildman–Crippen MR) is 140 cm³/mol. The molecule has 37 heavy (non-hydrogen) atoms. The van der Waals surface area contributed by atoms with E-state index in [9.17, 15) is 14.7 Å². The number of hydrogen-bond acceptors (Lipinski definition) is 5. The Morgan fingerprint density at radius 1 is 0.919 bits per heavy atom. The number of rotatable bonds is 7. The van der Waals surface area contributed by atoms with Gasteiger partial charge >= 0.3 is 0 Å². The van der Waals surface area contributed by atoms with Crippen molar-refractivity contribution in [2.75, 3.05) is 0 Å². The van der Waals surface area contributed by atoms with Gasteiger partial charge in [0.15, 0.2) is 0 Å². The fourth-order valence-electron chi connectivity index (χ4n) is 4.54. The first-order valence-corrected chi connectivity index (χ1v) is 12.1. The van der Waals surface area contributed by atoms with Crippen LogP contribution in [-0.4, -0.2) is 21.7 Å². The van der Waals surface area contributed by atoms with E-state index in [0.717, 1.165) is 22.3 Å². The highest BCUT2D eigenvalue weighted by Gasteiger charge is 2.46. The van der Waals surface area contributed by atoms with Gasteiger partial charge in [0, 0.05) is 5.56 Å². The minimum absolute atomic E-state index is 0.0499. The molecule has 2 heterocycles. The number of aliphatic hydroxyl groups is 1. The molecule has 0 radical (unpaired) electrons. The third-order valence-corrected chi connectivity index (χ3v) is 6.46. The van der Waals surface area contributed by atoms with Crippen LogP contribution in [0.15, 0.2) is 101 Å². The standard InChI is InChI=1S/C31H27NO5/c1-20-8-10-23(11-9-20)28-27(30(34)31(35)32(28)18-26-7-4-16-36-26)29(33)24-12-14-25(15-13-24)37-19-22-6-3-5-21(2)17-22/h3-17,28,33H,18-19H2,1-2H3/t28-/m1/s1. The summed E-state index contributed by atoms with van der Waals surface area (Å²) in [6.45, 7) is 4.52. The third kappa shape index (κ3) is 5.05. The summed E-state index contributed by atoms with van der Waals surface area (Å²) >= 11 is 0. The third-order valence-electron chi connectivity index (χ3n) is 6.46. The van der Waals surface area contributed by atoms with Crippen molar-refractivity contribution in [1.29, 1.82) is 0 Å². The van der Waals surface area contributed by atoms with Crippen LogP contribution in [0, 0.1) is 13.8 Å². The molecule has 1 atom stereocenters. The molecule has 0 unspecified atom stereocenters. The maximum absolute atomic E-state index is 13.2. The molecule has 0 saturated carbocycles. The Bertz CT molecular complexity index is 1450. The Hall–Kier alpha value is -4.58. The van der Waals surface area contributed by atoms with Gasteiger partial charge in [-0.2, -0.15) is 0 Å². The Labute approximate surface area is 215 Å². The largest absolute Gasteiger partial charge is 0.507 e. The van der Waals surface area contributed by atoms with Gasteiger partial charge in [-0.1, -0.05) is 59.7 Å². The van der Waals surface area contributed by atoms with Gasteiger partial charge in [0.2, 0.25) is 0 Å². The zero-order chi connectivity index (χ0) is 25.9. The molecule has 1 fully saturated rings. The first-order chi connectivity index (χ1) is 17.9. The van der Waals surface area contributed by atoms with Crippen LogP contribution in [0.5, 0.6) is 5.75 Å². The van der Waals surface area contributed by atoms with Crippen LogP contribution in [0.4, 0.5) is 0 Å². The van der Waals surface area contributed by atoms with Crippen LogP contribution in [0.3, 0.4) is 0 Å². The summed E-state index contributed by atoms with van der Waals surface area (Å²) in [4.78, 5) is 27.7. The van der Waals surface area contributed by atoms with Crippen LogP contribution in [0.25, 0.3) is 5.76 Å². The zero-order valence-electron chi connectivity index (χ0n) is 20.7. The number of aryl methyl sites for hydroxylation is 2. The highest BCUT2D eigenvalue weighted by molar-refractivity contribution is 6.46. The first-order valence-electron chi connectivity index (χ1n) is 12.1. The number of ketones is 1. The molecule has 0 aliphatic carbocycles. The normalized spacial score (nSPS) is 16.8. The molecular formula is C31H27NO5. The molecule has 1 aromatic heterocycles. The van der Waals surface area contributed by atoms with Gasteiger partial charge in [-0.3, -0.25) is 9.59 Å². The topological polar surface area (TPSA) is 80.0 Å². The van der Waals surface area contributed by atoms with E-state index in [4.69, 9.17) is 9.15 Å². The molecule has 186 valence electrons. The fourth-order valence-corrected chi connectivity index (χ4v) is 4.54. The highest BCUT2D eigenvalue weighted by Crippen LogP contribution is 2.40. The fraction of sp³-hybridized carbons (Fsp3) is 0.161. The summed E-state index contributed by atoms with van der Waals surface area (Å²) < 4.78 is 11.3. The van der Waals surface area contributed by atoms with Crippen LogP contribution >= 0.6 is 0 Å². The summed E-state index contributed by atoms with van der Waals surface area (Å²) in [6, 6.07) is 25.3. The van der Waals surface area contributed by atoms with E-state index in [1.165, 1.54) is 11.2 Å². The van der Waals surface area contributed by atoms with Crippen molar-refractivity contribution in [3.05, 3.63) is 130 Å². The molecule has 4 aromatic rings. The van der Waals surface area contributed by atoms with Gasteiger partial charge in [0.1, 0.15) is 23.9 Å². The first kappa shape index (κ1) is 24.1. The van der Waals surface area contributed by atoms with Gasteiger partial charge in [0.05, 0.1) is 24.4 Å². The second-order valence-corrected chi connectivity index (χ2v) is 9.22. The average molecular weight is 494 g/mol. The molecule has 3 aromatic carbocycles. The number of amides is 1. The van der Waals surface area contributed by atoms with Crippen molar-refractivity contribution in [3.63, 3.8) is 0 Å². The maximum atomic E-state index is 13.2. The molecule has 1 N–H and O–H groups in total. The van der Waals surface area contributed by atoms with Gasteiger partial charge in [-0.25, -0.2) is 0 Å². The number of benzene rings is 3. The summed E-state index contributed by atoms with van der Waals surface area (Å²) in [5, 5.41) is 11.3. The maximum Gasteiger partial charge on any atom is 0.296 e. The number of likely N-dealkylation sites (tertiary alicyclic amines) is 1. The molecule has 0 spiro atoms. The van der Waals surface area contributed by atoms with Crippen molar-refractivity contribution in [1.82, 2.24) is 4.90 Å². The van der Waals surface area contributed by atoms with E-state index < -0.39 is 17.7 Å². The Balaban J connectivity index is 1.46. The van der Waals surface area contributed by atoms with Crippen molar-refractivity contribution in [3.8, 4) is 5.75 Å². The molecule has 0 bridgehead atoms. The summed E-state index contributed by atoms with van der Waals surface area (Å²) in [5.74, 6) is -0.451. The molecule has 6 heteroatoms. The van der Waals surface area contributed by atoms with Crippen LogP contribution in [0.2, 0.25) is 0 Å². The lowest BCUT2D eigenvalue weighted by Crippen LogP contribution is -2.29. The van der Waals surface area contributed by atoms with Gasteiger partial charge < -0.3 is 19.2 Å². The molecule has 1 amide bonds. The van der Waals surface area contributed by atoms with Crippen LogP contribution in [-0.2, 0) is 22.7 Å². The lowest BCUT2D eigenvalue weighted by Gasteiger charge is -2.24. The van der Waals surface area contributed by atoms with E-state index in [-0.39, 0.29) is 17.9 Å². The van der Waals surface area contributed by atoms with Crippen molar-refractivity contribution in [2.24, 2.45) is 0 Å². The van der Waals surface area contributed by atoms with E-state index >= 15 is 0 Å². The second-order valence-electron chi connectivity index (χ2n) is 9.22. The molecule has 1 saturated heterocycles. The van der Waals surface area contributed by atoms with Crippen molar-refractivity contribution in [2.45, 2.75) is 33.0 Å². The number of ether oxygens (including phenoxy) is 1. The lowest BCUT2D eigenvalue weighted by molar-refractivity contribution is -0.140. The molecule has 5 rings (SSSR count). The second kappa shape index (κ2) is 10.2. The quantitative estimate of drug-likeness (QED) is 0.191. The molecule has 6 nitrogen and oxygen atoms in total. The predicted octanol–water partition coefficient (Wildman–Crippen LogP) is 6.10. The number of carbonyl (C=O) groups is 2. The monoisotopic (exact) mass is 493 g/mol. The summed E-state index contributed by atoms with van der Waals surface area (Å²) in [7, 11) is 0. The Morgan fingerprint density at radius 3 is 2.35 bits per heavy atom.